The molecule has 1 atom stereocenters. The molecule has 1 aliphatic rings. The molecule has 104 valence electrons. The van der Waals surface area contributed by atoms with E-state index in [-0.39, 0.29) is 0 Å². The van der Waals surface area contributed by atoms with E-state index in [2.05, 4.69) is 57.2 Å². The lowest BCUT2D eigenvalue weighted by Gasteiger charge is -2.25. The van der Waals surface area contributed by atoms with Crippen LogP contribution in [-0.4, -0.2) is 11.4 Å². The fraction of sp³-hybridized carbons (Fsp3) is 0.294. The highest BCUT2D eigenvalue weighted by atomic mass is 79.9. The summed E-state index contributed by atoms with van der Waals surface area (Å²) in [7, 11) is 0. The van der Waals surface area contributed by atoms with Gasteiger partial charge in [-0.25, -0.2) is 0 Å². The summed E-state index contributed by atoms with van der Waals surface area (Å²) in [4.78, 5) is 2.55. The van der Waals surface area contributed by atoms with Crippen molar-refractivity contribution in [3.05, 3.63) is 64.1 Å². The first kappa shape index (κ1) is 13.7. The number of nitrogens with zero attached hydrogens (tertiary/aromatic N) is 1. The minimum absolute atomic E-state index is 0.532. The normalized spacial score (nSPS) is 19.4. The van der Waals surface area contributed by atoms with Gasteiger partial charge in [-0.2, -0.15) is 0 Å². The fourth-order valence-corrected chi connectivity index (χ4v) is 3.40. The molecule has 1 saturated heterocycles. The third-order valence-electron chi connectivity index (χ3n) is 4.03. The fourth-order valence-electron chi connectivity index (χ4n) is 3.01. The van der Waals surface area contributed by atoms with Crippen LogP contribution in [0.1, 0.15) is 30.0 Å². The van der Waals surface area contributed by atoms with Crippen molar-refractivity contribution in [2.75, 3.05) is 12.3 Å². The molecule has 2 aromatic carbocycles. The maximum absolute atomic E-state index is 5.98. The molecule has 0 spiro atoms. The van der Waals surface area contributed by atoms with Crippen molar-refractivity contribution in [2.45, 2.75) is 25.4 Å². The highest BCUT2D eigenvalue weighted by Crippen LogP contribution is 2.34. The van der Waals surface area contributed by atoms with E-state index in [1.807, 2.05) is 12.1 Å². The van der Waals surface area contributed by atoms with Crippen LogP contribution >= 0.6 is 15.9 Å². The summed E-state index contributed by atoms with van der Waals surface area (Å²) in [6.07, 6.45) is 2.50. The molecule has 0 saturated carbocycles. The Morgan fingerprint density at radius 2 is 1.90 bits per heavy atom. The van der Waals surface area contributed by atoms with E-state index in [1.165, 1.54) is 24.0 Å². The van der Waals surface area contributed by atoms with Crippen LogP contribution in [0.5, 0.6) is 0 Å². The van der Waals surface area contributed by atoms with Crippen molar-refractivity contribution < 1.29 is 0 Å². The molecule has 3 heteroatoms. The maximum Gasteiger partial charge on any atom is 0.0461 e. The number of benzene rings is 2. The second-order valence-electron chi connectivity index (χ2n) is 5.36. The number of halogens is 1. The van der Waals surface area contributed by atoms with Crippen LogP contribution in [0, 0.1) is 0 Å². The summed E-state index contributed by atoms with van der Waals surface area (Å²) in [5, 5.41) is 0. The molecule has 1 heterocycles. The highest BCUT2D eigenvalue weighted by Gasteiger charge is 2.26. The summed E-state index contributed by atoms with van der Waals surface area (Å²) < 4.78 is 1.04. The van der Waals surface area contributed by atoms with Crippen molar-refractivity contribution in [3.8, 4) is 0 Å². The minimum Gasteiger partial charge on any atom is -0.398 e. The lowest BCUT2D eigenvalue weighted by Crippen LogP contribution is -2.23. The molecule has 0 aromatic heterocycles. The number of anilines is 1. The molecule has 2 N–H and O–H groups in total. The summed E-state index contributed by atoms with van der Waals surface area (Å²) in [5.74, 6) is 0. The van der Waals surface area contributed by atoms with Gasteiger partial charge in [0.2, 0.25) is 0 Å². The predicted molar refractivity (Wildman–Crippen MR) is 87.4 cm³/mol. The van der Waals surface area contributed by atoms with Crippen molar-refractivity contribution in [3.63, 3.8) is 0 Å². The Hall–Kier alpha value is -1.32. The van der Waals surface area contributed by atoms with E-state index in [9.17, 15) is 0 Å². The van der Waals surface area contributed by atoms with Gasteiger partial charge >= 0.3 is 0 Å². The van der Waals surface area contributed by atoms with Crippen LogP contribution in [0.25, 0.3) is 0 Å². The van der Waals surface area contributed by atoms with Gasteiger partial charge in [-0.15, -0.1) is 0 Å². The second kappa shape index (κ2) is 5.98. The van der Waals surface area contributed by atoms with Crippen LogP contribution in [-0.2, 0) is 6.54 Å². The summed E-state index contributed by atoms with van der Waals surface area (Å²) in [6, 6.07) is 17.5. The molecule has 3 rings (SSSR count). The molecule has 1 fully saturated rings. The van der Waals surface area contributed by atoms with Gasteiger partial charge in [0, 0.05) is 22.7 Å². The Morgan fingerprint density at radius 1 is 1.10 bits per heavy atom. The van der Waals surface area contributed by atoms with Gasteiger partial charge in [0.15, 0.2) is 0 Å². The molecule has 2 aromatic rings. The molecule has 2 nitrogen and oxygen atoms in total. The van der Waals surface area contributed by atoms with E-state index in [0.29, 0.717) is 6.04 Å². The maximum atomic E-state index is 5.98. The van der Waals surface area contributed by atoms with Gasteiger partial charge in [0.1, 0.15) is 0 Å². The Labute approximate surface area is 128 Å². The monoisotopic (exact) mass is 330 g/mol. The summed E-state index contributed by atoms with van der Waals surface area (Å²) in [6.45, 7) is 2.10. The second-order valence-corrected chi connectivity index (χ2v) is 6.15. The Kier molecular flexibility index (Phi) is 4.08. The van der Waals surface area contributed by atoms with E-state index in [1.54, 1.807) is 0 Å². The van der Waals surface area contributed by atoms with Gasteiger partial charge < -0.3 is 5.73 Å². The van der Waals surface area contributed by atoms with Gasteiger partial charge in [-0.1, -0.05) is 42.5 Å². The summed E-state index contributed by atoms with van der Waals surface area (Å²) >= 11 is 3.61. The van der Waals surface area contributed by atoms with E-state index in [0.717, 1.165) is 23.2 Å². The van der Waals surface area contributed by atoms with E-state index in [4.69, 9.17) is 5.73 Å². The number of rotatable bonds is 3. The van der Waals surface area contributed by atoms with Gasteiger partial charge in [0.05, 0.1) is 0 Å². The number of nitrogen functional groups attached to an aromatic ring is 1. The van der Waals surface area contributed by atoms with Gasteiger partial charge in [-0.05, 0) is 52.5 Å². The van der Waals surface area contributed by atoms with Crippen LogP contribution in [0.2, 0.25) is 0 Å². The van der Waals surface area contributed by atoms with Crippen molar-refractivity contribution in [2.24, 2.45) is 0 Å². The molecule has 0 aliphatic carbocycles. The van der Waals surface area contributed by atoms with Gasteiger partial charge in [0.25, 0.3) is 0 Å². The molecule has 1 aliphatic heterocycles. The molecule has 0 amide bonds. The summed E-state index contributed by atoms with van der Waals surface area (Å²) in [5.41, 5.74) is 9.49. The molecule has 0 radical (unpaired) electrons. The molecule has 0 bridgehead atoms. The lowest BCUT2D eigenvalue weighted by atomic mass is 10.0. The minimum atomic E-state index is 0.532. The van der Waals surface area contributed by atoms with Crippen LogP contribution in [0.3, 0.4) is 0 Å². The zero-order valence-corrected chi connectivity index (χ0v) is 13.0. The number of hydrogen-bond donors (Lipinski definition) is 1. The van der Waals surface area contributed by atoms with Crippen LogP contribution in [0.4, 0.5) is 5.69 Å². The van der Waals surface area contributed by atoms with Gasteiger partial charge in [-0.3, -0.25) is 4.90 Å². The predicted octanol–water partition coefficient (Wildman–Crippen LogP) is 4.37. The zero-order chi connectivity index (χ0) is 13.9. The van der Waals surface area contributed by atoms with E-state index < -0.39 is 0 Å². The topological polar surface area (TPSA) is 29.3 Å². The first-order valence-electron chi connectivity index (χ1n) is 7.07. The smallest absolute Gasteiger partial charge is 0.0461 e. The van der Waals surface area contributed by atoms with Crippen LogP contribution < -0.4 is 5.73 Å². The third-order valence-corrected chi connectivity index (χ3v) is 5.00. The average molecular weight is 331 g/mol. The Bertz CT molecular complexity index is 583. The molecular weight excluding hydrogens is 312 g/mol. The Balaban J connectivity index is 1.81. The first-order valence-corrected chi connectivity index (χ1v) is 7.87. The van der Waals surface area contributed by atoms with Crippen molar-refractivity contribution in [1.29, 1.82) is 0 Å². The molecular formula is C17H19BrN2. The van der Waals surface area contributed by atoms with Crippen molar-refractivity contribution >= 4 is 21.6 Å². The van der Waals surface area contributed by atoms with Crippen molar-refractivity contribution in [1.82, 2.24) is 4.90 Å². The SMILES string of the molecule is Nc1cccc(CN2CCCC2c2ccccc2)c1Br. The zero-order valence-electron chi connectivity index (χ0n) is 11.4. The number of hydrogen-bond acceptors (Lipinski definition) is 2. The standard InChI is InChI=1S/C17H19BrN2/c18-17-14(8-4-9-15(17)19)12-20-11-5-10-16(20)13-6-2-1-3-7-13/h1-4,6-9,16H,5,10-12,19H2. The first-order chi connectivity index (χ1) is 9.75. The Morgan fingerprint density at radius 3 is 2.70 bits per heavy atom. The number of nitrogens with two attached hydrogens (primary N) is 1. The van der Waals surface area contributed by atoms with E-state index >= 15 is 0 Å². The molecule has 20 heavy (non-hydrogen) atoms. The highest BCUT2D eigenvalue weighted by molar-refractivity contribution is 9.10. The van der Waals surface area contributed by atoms with Crippen LogP contribution in [0.15, 0.2) is 53.0 Å². The third kappa shape index (κ3) is 2.74. The number of likely N-dealkylation sites (tertiary alicyclic amines) is 1. The average Bonchev–Trinajstić information content (AvgIpc) is 2.93. The largest absolute Gasteiger partial charge is 0.398 e. The quantitative estimate of drug-likeness (QED) is 0.847. The molecule has 1 unspecified atom stereocenters. The lowest BCUT2D eigenvalue weighted by molar-refractivity contribution is 0.248.